The van der Waals surface area contributed by atoms with Crippen LogP contribution < -0.4 is 0 Å². The average molecular weight is 726 g/mol. The van der Waals surface area contributed by atoms with Gasteiger partial charge < -0.3 is 0 Å². The molecule has 0 aliphatic heterocycles. The Kier molecular flexibility index (Phi) is 7.65. The molecule has 0 saturated heterocycles. The van der Waals surface area contributed by atoms with Crippen molar-refractivity contribution in [1.82, 2.24) is 24.6 Å². The Morgan fingerprint density at radius 3 is 1.53 bits per heavy atom. The standard InChI is InChI=1S/C52H31N5/c1-2-16-47-46(12-1)52-45(15-7-31-57(52)56-47)37-19-17-34(18-20-37)42-32-48(38-25-21-35(22-26-38)43-13-3-8-40-10-5-29-53-50(40)43)55-49(33-42)39-27-23-36(24-28-39)44-14-4-9-41-11-6-30-54-51(41)44/h1-6,8-30,32-33H. The molecule has 6 aromatic carbocycles. The molecular formula is C52H31N5. The molecule has 0 amide bonds. The van der Waals surface area contributed by atoms with E-state index in [0.717, 1.165) is 105 Å². The van der Waals surface area contributed by atoms with E-state index in [1.54, 1.807) is 4.52 Å². The van der Waals surface area contributed by atoms with Crippen molar-refractivity contribution in [2.45, 2.75) is 0 Å². The molecule has 0 unspecified atom stereocenters. The number of fused-ring (bicyclic) bond motifs is 5. The fourth-order valence-electron chi connectivity index (χ4n) is 7.98. The normalized spacial score (nSPS) is 11.4. The number of para-hydroxylation sites is 2. The van der Waals surface area contributed by atoms with Crippen LogP contribution in [0.15, 0.2) is 188 Å². The zero-order valence-corrected chi connectivity index (χ0v) is 30.6. The second-order valence-electron chi connectivity index (χ2n) is 14.2. The van der Waals surface area contributed by atoms with E-state index in [2.05, 4.69) is 158 Å². The molecule has 11 aromatic rings. The number of pyridine rings is 3. The van der Waals surface area contributed by atoms with Gasteiger partial charge in [0.25, 0.3) is 0 Å². The highest BCUT2D eigenvalue weighted by molar-refractivity contribution is 6.02. The van der Waals surface area contributed by atoms with Crippen LogP contribution in [0.2, 0.25) is 0 Å². The molecule has 0 aliphatic carbocycles. The monoisotopic (exact) mass is 725 g/mol. The summed E-state index contributed by atoms with van der Waals surface area (Å²) in [6.07, 6.45) is 6.85. The summed E-state index contributed by atoms with van der Waals surface area (Å²) in [5.41, 5.74) is 16.6. The third kappa shape index (κ3) is 5.76. The Morgan fingerprint density at radius 1 is 0.421 bits per heavy atom. The Balaban J connectivity index is 1.00. The number of nitrogens with zero attached hydrogens (tertiary/aromatic N) is 5. The van der Waals surface area contributed by atoms with Crippen molar-refractivity contribution < 1.29 is 0 Å². The largest absolute Gasteiger partial charge is 0.256 e. The predicted octanol–water partition coefficient (Wildman–Crippen LogP) is 12.6. The van der Waals surface area contributed by atoms with Crippen LogP contribution in [0, 0.1) is 12.3 Å². The van der Waals surface area contributed by atoms with Gasteiger partial charge in [0.15, 0.2) is 0 Å². The first-order valence-electron chi connectivity index (χ1n) is 19.0. The van der Waals surface area contributed by atoms with Gasteiger partial charge in [0.2, 0.25) is 0 Å². The molecule has 0 aliphatic rings. The fraction of sp³-hybridized carbons (Fsp3) is 0. The summed E-state index contributed by atoms with van der Waals surface area (Å²) in [7, 11) is 0. The minimum Gasteiger partial charge on any atom is -0.256 e. The molecule has 0 spiro atoms. The molecule has 264 valence electrons. The molecule has 5 heterocycles. The number of hydrogen-bond donors (Lipinski definition) is 0. The maximum atomic E-state index is 5.28. The molecule has 11 rings (SSSR count). The van der Waals surface area contributed by atoms with Crippen LogP contribution in [0.5, 0.6) is 0 Å². The minimum atomic E-state index is 0.900. The van der Waals surface area contributed by atoms with E-state index in [9.17, 15) is 0 Å². The van der Waals surface area contributed by atoms with Crippen molar-refractivity contribution in [3.63, 3.8) is 0 Å². The SMILES string of the molecule is c1cc(-c2ccc(-c3cc(-c4ccc(-c5cccc6cccnc56)cc4)nc(-c4ccc(-c5cccc6cccnc56)cc4)c3)cc2)c2c3ccccc3nn2c#1. The lowest BCUT2D eigenvalue weighted by Crippen LogP contribution is -1.92. The van der Waals surface area contributed by atoms with Crippen LogP contribution in [-0.4, -0.2) is 24.6 Å². The van der Waals surface area contributed by atoms with Crippen molar-refractivity contribution in [2.75, 3.05) is 0 Å². The van der Waals surface area contributed by atoms with E-state index >= 15 is 0 Å². The molecule has 5 aromatic heterocycles. The maximum Gasteiger partial charge on any atom is 0.0942 e. The van der Waals surface area contributed by atoms with E-state index in [0.29, 0.717) is 0 Å². The van der Waals surface area contributed by atoms with Crippen LogP contribution in [0.1, 0.15) is 0 Å². The van der Waals surface area contributed by atoms with Crippen molar-refractivity contribution >= 4 is 38.2 Å². The molecule has 57 heavy (non-hydrogen) atoms. The summed E-state index contributed by atoms with van der Waals surface area (Å²) in [4.78, 5) is 14.7. The first-order valence-corrected chi connectivity index (χ1v) is 19.0. The molecule has 0 N–H and O–H groups in total. The van der Waals surface area contributed by atoms with Gasteiger partial charge in [-0.05, 0) is 64.2 Å². The van der Waals surface area contributed by atoms with Crippen LogP contribution in [0.3, 0.4) is 0 Å². The predicted molar refractivity (Wildman–Crippen MR) is 231 cm³/mol. The lowest BCUT2D eigenvalue weighted by molar-refractivity contribution is 0.987. The van der Waals surface area contributed by atoms with Crippen molar-refractivity contribution in [1.29, 1.82) is 0 Å². The Hall–Kier alpha value is -7.94. The topological polar surface area (TPSA) is 56.0 Å². The molecule has 0 bridgehead atoms. The zero-order valence-electron chi connectivity index (χ0n) is 30.6. The number of aromatic nitrogens is 5. The van der Waals surface area contributed by atoms with E-state index in [1.807, 2.05) is 42.7 Å². The molecular weight excluding hydrogens is 695 g/mol. The van der Waals surface area contributed by atoms with Crippen LogP contribution in [-0.2, 0) is 0 Å². The van der Waals surface area contributed by atoms with Crippen molar-refractivity contribution in [3.8, 4) is 67.0 Å². The third-order valence-corrected chi connectivity index (χ3v) is 10.8. The van der Waals surface area contributed by atoms with Gasteiger partial charge in [-0.3, -0.25) is 9.97 Å². The van der Waals surface area contributed by atoms with Gasteiger partial charge >= 0.3 is 0 Å². The Bertz CT molecular complexity index is 3120. The van der Waals surface area contributed by atoms with E-state index in [-0.39, 0.29) is 0 Å². The summed E-state index contributed by atoms with van der Waals surface area (Å²) < 4.78 is 1.81. The highest BCUT2D eigenvalue weighted by Crippen LogP contribution is 2.36. The van der Waals surface area contributed by atoms with Crippen LogP contribution in [0.4, 0.5) is 0 Å². The zero-order chi connectivity index (χ0) is 37.7. The maximum absolute atomic E-state index is 5.28. The van der Waals surface area contributed by atoms with E-state index in [4.69, 9.17) is 20.1 Å². The highest BCUT2D eigenvalue weighted by Gasteiger charge is 2.14. The van der Waals surface area contributed by atoms with Crippen LogP contribution >= 0.6 is 0 Å². The third-order valence-electron chi connectivity index (χ3n) is 10.8. The molecule has 5 nitrogen and oxygen atoms in total. The summed E-state index contributed by atoms with van der Waals surface area (Å²) in [6, 6.07) is 64.7. The Morgan fingerprint density at radius 2 is 0.930 bits per heavy atom. The number of rotatable bonds is 6. The van der Waals surface area contributed by atoms with Gasteiger partial charge in [0.05, 0.1) is 33.5 Å². The van der Waals surface area contributed by atoms with Crippen molar-refractivity contribution in [3.05, 3.63) is 201 Å². The molecule has 5 heteroatoms. The molecule has 0 atom stereocenters. The molecule has 0 fully saturated rings. The average Bonchev–Trinajstić information content (AvgIpc) is 3.68. The van der Waals surface area contributed by atoms with Gasteiger partial charge in [-0.25, -0.2) is 4.98 Å². The second kappa shape index (κ2) is 13.4. The second-order valence-corrected chi connectivity index (χ2v) is 14.2. The number of hydrogen-bond acceptors (Lipinski definition) is 4. The van der Waals surface area contributed by atoms with Gasteiger partial charge in [0.1, 0.15) is 0 Å². The summed E-state index contributed by atoms with van der Waals surface area (Å²) in [5.74, 6) is 0. The lowest BCUT2D eigenvalue weighted by Gasteiger charge is -2.13. The fourth-order valence-corrected chi connectivity index (χ4v) is 7.98. The lowest BCUT2D eigenvalue weighted by atomic mass is 9.95. The minimum absolute atomic E-state index is 0.900. The highest BCUT2D eigenvalue weighted by atomic mass is 15.2. The first-order chi connectivity index (χ1) is 28.2. The quantitative estimate of drug-likeness (QED) is 0.171. The first kappa shape index (κ1) is 32.5. The Labute approximate surface area is 329 Å². The molecule has 0 radical (unpaired) electrons. The van der Waals surface area contributed by atoms with Gasteiger partial charge in [-0.15, -0.1) is 0 Å². The smallest absolute Gasteiger partial charge is 0.0942 e. The summed E-state index contributed by atoms with van der Waals surface area (Å²) in [5, 5.41) is 8.07. The van der Waals surface area contributed by atoms with Crippen LogP contribution in [0.25, 0.3) is 105 Å². The summed E-state index contributed by atoms with van der Waals surface area (Å²) >= 11 is 0. The van der Waals surface area contributed by atoms with Gasteiger partial charge in [-0.2, -0.15) is 9.61 Å². The van der Waals surface area contributed by atoms with E-state index < -0.39 is 0 Å². The van der Waals surface area contributed by atoms with E-state index in [1.165, 1.54) is 0 Å². The molecule has 0 saturated carbocycles. The van der Waals surface area contributed by atoms with Gasteiger partial charge in [-0.1, -0.05) is 140 Å². The van der Waals surface area contributed by atoms with Crippen molar-refractivity contribution in [2.24, 2.45) is 0 Å². The number of benzene rings is 6. The van der Waals surface area contributed by atoms with Gasteiger partial charge in [0, 0.05) is 68.6 Å². The summed E-state index contributed by atoms with van der Waals surface area (Å²) in [6.45, 7) is 0.